The number of aliphatic hydroxyl groups is 2. The zero-order valence-corrected chi connectivity index (χ0v) is 24.0. The molecule has 3 rings (SSSR count). The summed E-state index contributed by atoms with van der Waals surface area (Å²) in [4.78, 5) is 12.9. The summed E-state index contributed by atoms with van der Waals surface area (Å²) in [7, 11) is 0. The zero-order valence-electron chi connectivity index (χ0n) is 22.4. The van der Waals surface area contributed by atoms with E-state index in [-0.39, 0.29) is 40.6 Å². The first-order chi connectivity index (χ1) is 19.0. The number of carbonyl (C=O) groups is 1. The molecule has 1 aromatic heterocycles. The van der Waals surface area contributed by atoms with E-state index in [9.17, 15) is 37.0 Å². The third kappa shape index (κ3) is 9.45. The van der Waals surface area contributed by atoms with Gasteiger partial charge in [0, 0.05) is 18.7 Å². The molecule has 41 heavy (non-hydrogen) atoms. The van der Waals surface area contributed by atoms with Crippen LogP contribution in [0.5, 0.6) is 5.75 Å². The number of aromatic nitrogens is 2. The maximum absolute atomic E-state index is 13.3. The van der Waals surface area contributed by atoms with Crippen molar-refractivity contribution in [2.75, 3.05) is 6.54 Å². The van der Waals surface area contributed by atoms with Crippen molar-refractivity contribution in [1.82, 2.24) is 15.1 Å². The predicted molar refractivity (Wildman–Crippen MR) is 139 cm³/mol. The predicted octanol–water partition coefficient (Wildman–Crippen LogP) is 4.99. The number of amides is 1. The summed E-state index contributed by atoms with van der Waals surface area (Å²) in [6, 6.07) is 3.21. The second-order valence-electron chi connectivity index (χ2n) is 10.1. The van der Waals surface area contributed by atoms with E-state index in [0.29, 0.717) is 18.8 Å². The van der Waals surface area contributed by atoms with Crippen LogP contribution in [-0.4, -0.2) is 59.3 Å². The molecule has 0 saturated heterocycles. The van der Waals surface area contributed by atoms with Crippen molar-refractivity contribution in [1.29, 1.82) is 0 Å². The van der Waals surface area contributed by atoms with Crippen LogP contribution in [-0.2, 0) is 23.7 Å². The van der Waals surface area contributed by atoms with Crippen LogP contribution in [0, 0.1) is 5.92 Å². The molecule has 16 heteroatoms. The van der Waals surface area contributed by atoms with Gasteiger partial charge in [0.1, 0.15) is 5.75 Å². The van der Waals surface area contributed by atoms with Crippen LogP contribution in [0.2, 0.25) is 5.02 Å². The fraction of sp³-hybridized carbons (Fsp3) is 0.600. The SMILES string of the molecule is CCn1nc(C(=O)NCC2(O)CCC(C)CC2)c(Cl)c1-c1ccc([C@](C)(O)CC(F)(F)F)cc1OC(F)F.O=S=O. The summed E-state index contributed by atoms with van der Waals surface area (Å²) in [6.07, 6.45) is -3.65. The van der Waals surface area contributed by atoms with Gasteiger partial charge in [-0.2, -0.15) is 35.5 Å². The first-order valence-corrected chi connectivity index (χ1v) is 13.6. The molecule has 9 nitrogen and oxygen atoms in total. The summed E-state index contributed by atoms with van der Waals surface area (Å²) < 4.78 is 87.8. The van der Waals surface area contributed by atoms with Gasteiger partial charge < -0.3 is 20.3 Å². The molecule has 230 valence electrons. The number of benzene rings is 1. The third-order valence-corrected chi connectivity index (χ3v) is 7.17. The van der Waals surface area contributed by atoms with Gasteiger partial charge in [-0.1, -0.05) is 24.6 Å². The Bertz CT molecular complexity index is 1240. The molecule has 1 aliphatic rings. The Morgan fingerprint density at radius 2 is 1.88 bits per heavy atom. The Hall–Kier alpha value is -2.62. The van der Waals surface area contributed by atoms with E-state index in [1.807, 2.05) is 0 Å². The first kappa shape index (κ1) is 34.6. The van der Waals surface area contributed by atoms with Crippen LogP contribution in [0.15, 0.2) is 18.2 Å². The van der Waals surface area contributed by atoms with Gasteiger partial charge in [0.25, 0.3) is 5.91 Å². The number of alkyl halides is 5. The standard InChI is InChI=1S/C25H31ClF5N3O4.O2S/c1-4-34-20(18(26)19(33-34)21(35)32-13-24(37)9-7-14(2)8-10-24)16-6-5-15(11-17(16)38-22(27)28)23(3,36)12-25(29,30)31;1-3-2/h5-6,11,14,22,36-37H,4,7-10,12-13H2,1-3H3,(H,32,35);/t14?,23-,24?;/m1./s1. The zero-order chi connectivity index (χ0) is 31.2. The van der Waals surface area contributed by atoms with E-state index in [0.717, 1.165) is 31.9 Å². The Morgan fingerprint density at radius 1 is 1.29 bits per heavy atom. The minimum Gasteiger partial charge on any atom is -0.434 e. The van der Waals surface area contributed by atoms with E-state index >= 15 is 0 Å². The monoisotopic (exact) mass is 631 g/mol. The van der Waals surface area contributed by atoms with Gasteiger partial charge in [-0.15, -0.1) is 0 Å². The summed E-state index contributed by atoms with van der Waals surface area (Å²) >= 11 is 5.74. The molecular formula is C25H31ClF5N3O6S. The molecule has 1 saturated carbocycles. The van der Waals surface area contributed by atoms with Crippen molar-refractivity contribution in [2.45, 2.75) is 83.4 Å². The van der Waals surface area contributed by atoms with Gasteiger partial charge in [-0.05, 0) is 63.1 Å². The smallest absolute Gasteiger partial charge is 0.392 e. The highest BCUT2D eigenvalue weighted by atomic mass is 35.5. The van der Waals surface area contributed by atoms with Crippen molar-refractivity contribution >= 4 is 29.1 Å². The van der Waals surface area contributed by atoms with E-state index in [1.54, 1.807) is 6.92 Å². The summed E-state index contributed by atoms with van der Waals surface area (Å²) in [5.41, 5.74) is -4.04. The molecule has 1 atom stereocenters. The molecule has 0 unspecified atom stereocenters. The second kappa shape index (κ2) is 14.0. The number of ether oxygens (including phenoxy) is 1. The quantitative estimate of drug-likeness (QED) is 0.333. The minimum atomic E-state index is -4.72. The number of nitrogens with one attached hydrogen (secondary N) is 1. The Kier molecular flexibility index (Phi) is 11.8. The van der Waals surface area contributed by atoms with E-state index in [4.69, 9.17) is 20.0 Å². The molecule has 0 aliphatic heterocycles. The molecule has 1 fully saturated rings. The average molecular weight is 632 g/mol. The maximum Gasteiger partial charge on any atom is 0.392 e. The highest BCUT2D eigenvalue weighted by molar-refractivity contribution is 7.51. The maximum atomic E-state index is 13.3. The average Bonchev–Trinajstić information content (AvgIpc) is 3.19. The molecule has 1 heterocycles. The number of aryl methyl sites for hydroxylation is 1. The number of hydrogen-bond acceptors (Lipinski definition) is 7. The fourth-order valence-corrected chi connectivity index (χ4v) is 4.94. The Balaban J connectivity index is 0.00000187. The van der Waals surface area contributed by atoms with Gasteiger partial charge in [-0.3, -0.25) is 9.48 Å². The van der Waals surface area contributed by atoms with Crippen molar-refractivity contribution in [3.05, 3.63) is 34.5 Å². The molecule has 0 bridgehead atoms. The van der Waals surface area contributed by atoms with Gasteiger partial charge in [0.05, 0.1) is 28.3 Å². The fourth-order valence-electron chi connectivity index (χ4n) is 4.61. The topological polar surface area (TPSA) is 131 Å². The van der Waals surface area contributed by atoms with Gasteiger partial charge in [0.15, 0.2) is 5.69 Å². The normalized spacial score (nSPS) is 20.5. The summed E-state index contributed by atoms with van der Waals surface area (Å²) in [5, 5.41) is 27.8. The van der Waals surface area contributed by atoms with Crippen molar-refractivity contribution < 1.29 is 50.1 Å². The molecular weight excluding hydrogens is 601 g/mol. The van der Waals surface area contributed by atoms with Crippen molar-refractivity contribution in [2.24, 2.45) is 5.92 Å². The number of rotatable bonds is 9. The molecule has 3 N–H and O–H groups in total. The number of nitrogens with zero attached hydrogens (tertiary/aromatic N) is 2. The number of hydrogen-bond donors (Lipinski definition) is 3. The summed E-state index contributed by atoms with van der Waals surface area (Å²) in [5.74, 6) is -0.748. The van der Waals surface area contributed by atoms with E-state index in [1.165, 1.54) is 10.7 Å². The Morgan fingerprint density at radius 3 is 2.39 bits per heavy atom. The van der Waals surface area contributed by atoms with Crippen LogP contribution in [0.25, 0.3) is 11.3 Å². The van der Waals surface area contributed by atoms with Gasteiger partial charge >= 0.3 is 24.4 Å². The lowest BCUT2D eigenvalue weighted by Crippen LogP contribution is -2.45. The Labute approximate surface area is 241 Å². The molecule has 1 amide bonds. The summed E-state index contributed by atoms with van der Waals surface area (Å²) in [6.45, 7) is 1.46. The lowest BCUT2D eigenvalue weighted by Gasteiger charge is -2.34. The molecule has 1 aliphatic carbocycles. The highest BCUT2D eigenvalue weighted by Crippen LogP contribution is 2.42. The lowest BCUT2D eigenvalue weighted by molar-refractivity contribution is -0.174. The third-order valence-electron chi connectivity index (χ3n) is 6.81. The lowest BCUT2D eigenvalue weighted by atomic mass is 9.79. The molecule has 1 aromatic carbocycles. The van der Waals surface area contributed by atoms with Crippen LogP contribution in [0.1, 0.15) is 68.9 Å². The van der Waals surface area contributed by atoms with Crippen LogP contribution < -0.4 is 10.1 Å². The highest BCUT2D eigenvalue weighted by Gasteiger charge is 2.40. The van der Waals surface area contributed by atoms with Gasteiger partial charge in [0.2, 0.25) is 0 Å². The first-order valence-electron chi connectivity index (χ1n) is 12.5. The largest absolute Gasteiger partial charge is 0.434 e. The van der Waals surface area contributed by atoms with Gasteiger partial charge in [-0.25, -0.2) is 0 Å². The molecule has 0 radical (unpaired) electrons. The molecule has 0 spiro atoms. The van der Waals surface area contributed by atoms with Crippen molar-refractivity contribution in [3.8, 4) is 17.0 Å². The minimum absolute atomic E-state index is 0.0219. The van der Waals surface area contributed by atoms with Crippen molar-refractivity contribution in [3.63, 3.8) is 0 Å². The van der Waals surface area contributed by atoms with Crippen LogP contribution in [0.3, 0.4) is 0 Å². The van der Waals surface area contributed by atoms with E-state index in [2.05, 4.69) is 22.1 Å². The number of halogens is 6. The van der Waals surface area contributed by atoms with Crippen LogP contribution >= 0.6 is 11.6 Å². The van der Waals surface area contributed by atoms with E-state index < -0.39 is 53.6 Å². The second-order valence-corrected chi connectivity index (χ2v) is 10.7. The number of carbonyl (C=O) groups excluding carboxylic acids is 1. The molecule has 2 aromatic rings. The van der Waals surface area contributed by atoms with Crippen LogP contribution in [0.4, 0.5) is 22.0 Å².